The minimum atomic E-state index is -0.354. The van der Waals surface area contributed by atoms with Gasteiger partial charge in [0.05, 0.1) is 0 Å². The van der Waals surface area contributed by atoms with E-state index in [1.165, 1.54) is 12.1 Å². The molecular weight excluding hydrogens is 265 g/mol. The van der Waals surface area contributed by atoms with Crippen molar-refractivity contribution in [2.24, 2.45) is 5.41 Å². The summed E-state index contributed by atoms with van der Waals surface area (Å²) in [6.45, 7) is 3.68. The van der Waals surface area contributed by atoms with Crippen molar-refractivity contribution in [3.8, 4) is 0 Å². The Morgan fingerprint density at radius 2 is 2.32 bits per heavy atom. The lowest BCUT2D eigenvalue weighted by atomic mass is 9.73. The summed E-state index contributed by atoms with van der Waals surface area (Å²) in [4.78, 5) is 12.5. The van der Waals surface area contributed by atoms with E-state index in [1.54, 1.807) is 6.07 Å². The molecule has 1 N–H and O–H groups in total. The Labute approximate surface area is 118 Å². The Hall–Kier alpha value is -0.930. The zero-order valence-electron chi connectivity index (χ0n) is 11.1. The van der Waals surface area contributed by atoms with E-state index in [0.717, 1.165) is 25.8 Å². The average molecular weight is 284 g/mol. The molecule has 1 aliphatic heterocycles. The molecule has 0 aliphatic carbocycles. The fourth-order valence-corrected chi connectivity index (χ4v) is 2.94. The molecule has 1 heterocycles. The van der Waals surface area contributed by atoms with Gasteiger partial charge in [0.1, 0.15) is 11.6 Å². The third-order valence-electron chi connectivity index (χ3n) is 4.10. The third kappa shape index (κ3) is 3.15. The lowest BCUT2D eigenvalue weighted by Crippen LogP contribution is -2.45. The highest BCUT2D eigenvalue weighted by molar-refractivity contribution is 6.30. The van der Waals surface area contributed by atoms with Gasteiger partial charge in [-0.2, -0.15) is 0 Å². The van der Waals surface area contributed by atoms with E-state index < -0.39 is 0 Å². The summed E-state index contributed by atoms with van der Waals surface area (Å²) in [5, 5.41) is 3.75. The maximum absolute atomic E-state index is 13.7. The van der Waals surface area contributed by atoms with Crippen LogP contribution in [0.25, 0.3) is 0 Å². The quantitative estimate of drug-likeness (QED) is 0.918. The monoisotopic (exact) mass is 283 g/mol. The van der Waals surface area contributed by atoms with E-state index in [4.69, 9.17) is 11.6 Å². The Balaban J connectivity index is 2.17. The van der Waals surface area contributed by atoms with Gasteiger partial charge in [0.25, 0.3) is 0 Å². The van der Waals surface area contributed by atoms with E-state index in [9.17, 15) is 9.18 Å². The number of benzene rings is 1. The number of piperidine rings is 1. The first kappa shape index (κ1) is 14.5. The van der Waals surface area contributed by atoms with Gasteiger partial charge >= 0.3 is 0 Å². The second-order valence-corrected chi connectivity index (χ2v) is 5.69. The number of Topliss-reactive ketones (excluding diaryl/α,β-unsaturated/α-hetero) is 1. The first-order valence-electron chi connectivity index (χ1n) is 6.75. The summed E-state index contributed by atoms with van der Waals surface area (Å²) in [6.07, 6.45) is 2.80. The molecule has 2 rings (SSSR count). The molecule has 104 valence electrons. The lowest BCUT2D eigenvalue weighted by Gasteiger charge is -2.35. The highest BCUT2D eigenvalue weighted by atomic mass is 35.5. The van der Waals surface area contributed by atoms with Crippen LogP contribution < -0.4 is 5.32 Å². The molecule has 0 spiro atoms. The molecule has 0 radical (unpaired) electrons. The minimum absolute atomic E-state index is 0.114. The van der Waals surface area contributed by atoms with Crippen LogP contribution in [0.4, 0.5) is 4.39 Å². The van der Waals surface area contributed by atoms with Crippen molar-refractivity contribution < 1.29 is 9.18 Å². The summed E-state index contributed by atoms with van der Waals surface area (Å²) in [5.74, 6) is -0.240. The van der Waals surface area contributed by atoms with Gasteiger partial charge in [-0.15, -0.1) is 0 Å². The number of rotatable bonds is 4. The van der Waals surface area contributed by atoms with Crippen molar-refractivity contribution in [3.63, 3.8) is 0 Å². The van der Waals surface area contributed by atoms with E-state index in [0.29, 0.717) is 17.1 Å². The normalized spacial score (nSPS) is 23.3. The van der Waals surface area contributed by atoms with E-state index in [-0.39, 0.29) is 23.4 Å². The molecule has 19 heavy (non-hydrogen) atoms. The zero-order chi connectivity index (χ0) is 13.9. The Morgan fingerprint density at radius 1 is 1.53 bits per heavy atom. The first-order valence-corrected chi connectivity index (χ1v) is 7.13. The molecule has 1 unspecified atom stereocenters. The Kier molecular flexibility index (Phi) is 4.58. The molecule has 2 nitrogen and oxygen atoms in total. The predicted molar refractivity (Wildman–Crippen MR) is 74.9 cm³/mol. The smallest absolute Gasteiger partial charge is 0.144 e. The van der Waals surface area contributed by atoms with Gasteiger partial charge in [0, 0.05) is 23.4 Å². The molecule has 0 bridgehead atoms. The molecule has 1 aliphatic rings. The summed E-state index contributed by atoms with van der Waals surface area (Å²) < 4.78 is 13.7. The van der Waals surface area contributed by atoms with Crippen LogP contribution in [-0.4, -0.2) is 18.9 Å². The Bertz CT molecular complexity index is 469. The largest absolute Gasteiger partial charge is 0.316 e. The zero-order valence-corrected chi connectivity index (χ0v) is 11.9. The second-order valence-electron chi connectivity index (χ2n) is 5.25. The molecule has 1 atom stereocenters. The highest BCUT2D eigenvalue weighted by Gasteiger charge is 2.37. The van der Waals surface area contributed by atoms with Crippen LogP contribution in [0.5, 0.6) is 0 Å². The second kappa shape index (κ2) is 6.02. The molecule has 0 amide bonds. The van der Waals surface area contributed by atoms with Crippen LogP contribution in [0.2, 0.25) is 5.02 Å². The number of hydrogen-bond donors (Lipinski definition) is 1. The predicted octanol–water partition coefficient (Wildman–Crippen LogP) is 3.37. The van der Waals surface area contributed by atoms with Gasteiger partial charge in [0.2, 0.25) is 0 Å². The van der Waals surface area contributed by atoms with E-state index in [2.05, 4.69) is 5.32 Å². The number of ketones is 1. The molecule has 1 aromatic rings. The summed E-state index contributed by atoms with van der Waals surface area (Å²) >= 11 is 5.86. The molecule has 1 saturated heterocycles. The van der Waals surface area contributed by atoms with Crippen LogP contribution >= 0.6 is 11.6 Å². The number of carbonyl (C=O) groups excluding carboxylic acids is 1. The third-order valence-corrected chi connectivity index (χ3v) is 4.33. The van der Waals surface area contributed by atoms with Crippen molar-refractivity contribution in [2.45, 2.75) is 32.6 Å². The van der Waals surface area contributed by atoms with E-state index >= 15 is 0 Å². The minimum Gasteiger partial charge on any atom is -0.316 e. The maximum atomic E-state index is 13.7. The van der Waals surface area contributed by atoms with Crippen molar-refractivity contribution in [2.75, 3.05) is 13.1 Å². The summed E-state index contributed by atoms with van der Waals surface area (Å²) in [7, 11) is 0. The fraction of sp³-hybridized carbons (Fsp3) is 0.533. The Morgan fingerprint density at radius 3 is 2.95 bits per heavy atom. The van der Waals surface area contributed by atoms with Crippen molar-refractivity contribution in [1.29, 1.82) is 0 Å². The van der Waals surface area contributed by atoms with Gasteiger partial charge in [-0.05, 0) is 49.6 Å². The molecule has 0 aromatic heterocycles. The van der Waals surface area contributed by atoms with Crippen LogP contribution in [0.1, 0.15) is 31.7 Å². The van der Waals surface area contributed by atoms with Crippen molar-refractivity contribution in [1.82, 2.24) is 5.32 Å². The van der Waals surface area contributed by atoms with Gasteiger partial charge in [-0.1, -0.05) is 18.5 Å². The number of carbonyl (C=O) groups is 1. The van der Waals surface area contributed by atoms with Crippen LogP contribution in [0.15, 0.2) is 18.2 Å². The topological polar surface area (TPSA) is 29.1 Å². The summed E-state index contributed by atoms with van der Waals surface area (Å²) in [6, 6.07) is 4.37. The van der Waals surface area contributed by atoms with Gasteiger partial charge < -0.3 is 5.32 Å². The fourth-order valence-electron chi connectivity index (χ4n) is 2.74. The number of hydrogen-bond acceptors (Lipinski definition) is 2. The highest BCUT2D eigenvalue weighted by Crippen LogP contribution is 2.32. The standard InChI is InChI=1S/C15H19ClFNO/c1-2-15(6-3-7-18-10-15)14(19)9-11-8-12(16)4-5-13(11)17/h4-5,8,18H,2-3,6-7,9-10H2,1H3. The number of halogens is 2. The van der Waals surface area contributed by atoms with Gasteiger partial charge in [-0.3, -0.25) is 4.79 Å². The van der Waals surface area contributed by atoms with E-state index in [1.807, 2.05) is 6.92 Å². The first-order chi connectivity index (χ1) is 9.07. The van der Waals surface area contributed by atoms with Gasteiger partial charge in [0.15, 0.2) is 0 Å². The lowest BCUT2D eigenvalue weighted by molar-refractivity contribution is -0.129. The molecule has 4 heteroatoms. The average Bonchev–Trinajstić information content (AvgIpc) is 2.43. The number of nitrogens with one attached hydrogen (secondary N) is 1. The van der Waals surface area contributed by atoms with Crippen LogP contribution in [-0.2, 0) is 11.2 Å². The molecule has 1 aromatic carbocycles. The SMILES string of the molecule is CCC1(C(=O)Cc2cc(Cl)ccc2F)CCCNC1. The molecular formula is C15H19ClFNO. The van der Waals surface area contributed by atoms with Crippen LogP contribution in [0.3, 0.4) is 0 Å². The maximum Gasteiger partial charge on any atom is 0.144 e. The van der Waals surface area contributed by atoms with Crippen molar-refractivity contribution in [3.05, 3.63) is 34.6 Å². The summed E-state index contributed by atoms with van der Waals surface area (Å²) in [5.41, 5.74) is 0.0587. The molecule has 0 saturated carbocycles. The van der Waals surface area contributed by atoms with Crippen LogP contribution in [0, 0.1) is 11.2 Å². The van der Waals surface area contributed by atoms with Gasteiger partial charge in [-0.25, -0.2) is 4.39 Å². The van der Waals surface area contributed by atoms with Crippen molar-refractivity contribution >= 4 is 17.4 Å². The molecule has 1 fully saturated rings.